The minimum Gasteiger partial charge on any atom is -0.367 e. The Balaban J connectivity index is 2.98. The maximum Gasteiger partial charge on any atom is 0.107 e. The quantitative estimate of drug-likeness (QED) is 0.439. The molecule has 2 heteroatoms. The first-order chi connectivity index (χ1) is 4.27. The van der Waals surface area contributed by atoms with Crippen molar-refractivity contribution >= 4 is 0 Å². The summed E-state index contributed by atoms with van der Waals surface area (Å²) in [5, 5.41) is 0. The molecule has 1 unspecified atom stereocenters. The molecule has 0 rings (SSSR count). The van der Waals surface area contributed by atoms with Crippen LogP contribution < -0.4 is 5.73 Å². The van der Waals surface area contributed by atoms with Crippen LogP contribution >= 0.6 is 0 Å². The lowest BCUT2D eigenvalue weighted by molar-refractivity contribution is 0.155. The molecule has 0 spiro atoms. The molecule has 0 heterocycles. The van der Waals surface area contributed by atoms with Crippen LogP contribution in [0.1, 0.15) is 13.8 Å². The number of hydrogen-bond acceptors (Lipinski definition) is 2. The van der Waals surface area contributed by atoms with Crippen LogP contribution in [0.25, 0.3) is 0 Å². The minimum absolute atomic E-state index is 0.114. The van der Waals surface area contributed by atoms with Crippen LogP contribution in [0.2, 0.25) is 0 Å². The molecule has 0 saturated heterocycles. The zero-order chi connectivity index (χ0) is 7.11. The zero-order valence-corrected chi connectivity index (χ0v) is 5.98. The van der Waals surface area contributed by atoms with Crippen molar-refractivity contribution in [2.75, 3.05) is 13.2 Å². The summed E-state index contributed by atoms with van der Waals surface area (Å²) in [6.07, 6.45) is 0. The molecule has 0 bridgehead atoms. The van der Waals surface area contributed by atoms with E-state index in [4.69, 9.17) is 10.5 Å². The van der Waals surface area contributed by atoms with Crippen LogP contribution in [0.5, 0.6) is 0 Å². The van der Waals surface area contributed by atoms with E-state index in [-0.39, 0.29) is 6.04 Å². The third-order valence-electron chi connectivity index (χ3n) is 0.732. The van der Waals surface area contributed by atoms with Gasteiger partial charge < -0.3 is 10.5 Å². The monoisotopic (exact) mass is 127 g/mol. The fraction of sp³-hybridized carbons (Fsp3) is 0.714. The lowest BCUT2D eigenvalue weighted by Gasteiger charge is -2.01. The van der Waals surface area contributed by atoms with E-state index in [0.29, 0.717) is 13.2 Å². The van der Waals surface area contributed by atoms with Gasteiger partial charge in [0.15, 0.2) is 0 Å². The van der Waals surface area contributed by atoms with Gasteiger partial charge in [0.1, 0.15) is 6.61 Å². The van der Waals surface area contributed by atoms with Gasteiger partial charge in [0.25, 0.3) is 0 Å². The van der Waals surface area contributed by atoms with Crippen molar-refractivity contribution in [3.05, 3.63) is 0 Å². The first-order valence-corrected chi connectivity index (χ1v) is 3.00. The smallest absolute Gasteiger partial charge is 0.107 e. The van der Waals surface area contributed by atoms with Gasteiger partial charge in [-0.3, -0.25) is 0 Å². The molecule has 2 nitrogen and oxygen atoms in total. The van der Waals surface area contributed by atoms with E-state index >= 15 is 0 Å². The summed E-state index contributed by atoms with van der Waals surface area (Å²) >= 11 is 0. The van der Waals surface area contributed by atoms with Crippen molar-refractivity contribution in [1.82, 2.24) is 0 Å². The lowest BCUT2D eigenvalue weighted by atomic mass is 10.4. The van der Waals surface area contributed by atoms with E-state index in [2.05, 4.69) is 11.8 Å². The number of nitrogens with two attached hydrogens (primary N) is 1. The van der Waals surface area contributed by atoms with E-state index in [9.17, 15) is 0 Å². The standard InChI is InChI=1S/C7H13NO/c1-3-4-5-9-6-7(2)8/h7H,5-6,8H2,1-2H3. The van der Waals surface area contributed by atoms with Gasteiger partial charge in [-0.1, -0.05) is 5.92 Å². The van der Waals surface area contributed by atoms with E-state index in [1.165, 1.54) is 0 Å². The molecule has 2 N–H and O–H groups in total. The van der Waals surface area contributed by atoms with Crippen LogP contribution in [0.3, 0.4) is 0 Å². The van der Waals surface area contributed by atoms with Crippen molar-refractivity contribution in [3.63, 3.8) is 0 Å². The molecular formula is C7H13NO. The predicted octanol–water partition coefficient (Wildman–Crippen LogP) is 0.374. The topological polar surface area (TPSA) is 35.2 Å². The van der Waals surface area contributed by atoms with Gasteiger partial charge in [-0.15, -0.1) is 5.92 Å². The van der Waals surface area contributed by atoms with Crippen molar-refractivity contribution in [2.24, 2.45) is 5.73 Å². The average molecular weight is 127 g/mol. The van der Waals surface area contributed by atoms with E-state index in [1.807, 2.05) is 6.92 Å². The molecule has 0 aliphatic heterocycles. The van der Waals surface area contributed by atoms with Gasteiger partial charge in [-0.25, -0.2) is 0 Å². The molecule has 0 aliphatic rings. The molecule has 0 aliphatic carbocycles. The Morgan fingerprint density at radius 2 is 2.33 bits per heavy atom. The van der Waals surface area contributed by atoms with E-state index in [0.717, 1.165) is 0 Å². The van der Waals surface area contributed by atoms with Crippen LogP contribution in [0.4, 0.5) is 0 Å². The summed E-state index contributed by atoms with van der Waals surface area (Å²) in [4.78, 5) is 0. The normalized spacial score (nSPS) is 11.9. The number of hydrogen-bond donors (Lipinski definition) is 1. The Morgan fingerprint density at radius 3 is 2.78 bits per heavy atom. The lowest BCUT2D eigenvalue weighted by Crippen LogP contribution is -2.21. The second-order valence-electron chi connectivity index (χ2n) is 1.92. The third-order valence-corrected chi connectivity index (χ3v) is 0.732. The van der Waals surface area contributed by atoms with Gasteiger partial charge >= 0.3 is 0 Å². The molecule has 0 aromatic rings. The Morgan fingerprint density at radius 1 is 1.67 bits per heavy atom. The third kappa shape index (κ3) is 7.48. The molecule has 0 fully saturated rings. The Kier molecular flexibility index (Phi) is 5.29. The summed E-state index contributed by atoms with van der Waals surface area (Å²) < 4.78 is 5.04. The summed E-state index contributed by atoms with van der Waals surface area (Å²) in [5.74, 6) is 5.50. The second kappa shape index (κ2) is 5.61. The van der Waals surface area contributed by atoms with Gasteiger partial charge in [0.2, 0.25) is 0 Å². The molecule has 0 radical (unpaired) electrons. The molecular weight excluding hydrogens is 114 g/mol. The highest BCUT2D eigenvalue weighted by atomic mass is 16.5. The van der Waals surface area contributed by atoms with E-state index in [1.54, 1.807) is 6.92 Å². The Bertz CT molecular complexity index is 110. The molecule has 0 saturated carbocycles. The maximum atomic E-state index is 5.40. The summed E-state index contributed by atoms with van der Waals surface area (Å²) in [7, 11) is 0. The van der Waals surface area contributed by atoms with Crippen LogP contribution in [0, 0.1) is 11.8 Å². The minimum atomic E-state index is 0.114. The van der Waals surface area contributed by atoms with Crippen molar-refractivity contribution in [1.29, 1.82) is 0 Å². The van der Waals surface area contributed by atoms with Gasteiger partial charge in [-0.05, 0) is 13.8 Å². The van der Waals surface area contributed by atoms with Crippen molar-refractivity contribution in [2.45, 2.75) is 19.9 Å². The van der Waals surface area contributed by atoms with Crippen molar-refractivity contribution in [3.8, 4) is 11.8 Å². The highest BCUT2D eigenvalue weighted by Crippen LogP contribution is 1.77. The highest BCUT2D eigenvalue weighted by Gasteiger charge is 1.89. The van der Waals surface area contributed by atoms with Crippen LogP contribution in [0.15, 0.2) is 0 Å². The van der Waals surface area contributed by atoms with Gasteiger partial charge in [0.05, 0.1) is 6.61 Å². The second-order valence-corrected chi connectivity index (χ2v) is 1.92. The number of rotatable bonds is 3. The highest BCUT2D eigenvalue weighted by molar-refractivity contribution is 4.94. The molecule has 0 aromatic heterocycles. The molecule has 52 valence electrons. The maximum absolute atomic E-state index is 5.40. The predicted molar refractivity (Wildman–Crippen MR) is 37.9 cm³/mol. The molecule has 1 atom stereocenters. The molecule has 9 heavy (non-hydrogen) atoms. The first-order valence-electron chi connectivity index (χ1n) is 3.00. The average Bonchev–Trinajstić information content (AvgIpc) is 1.80. The summed E-state index contributed by atoms with van der Waals surface area (Å²) in [5.41, 5.74) is 5.40. The van der Waals surface area contributed by atoms with Crippen LogP contribution in [-0.2, 0) is 4.74 Å². The van der Waals surface area contributed by atoms with Gasteiger partial charge in [0, 0.05) is 6.04 Å². The molecule has 0 amide bonds. The zero-order valence-electron chi connectivity index (χ0n) is 5.98. The summed E-state index contributed by atoms with van der Waals surface area (Å²) in [6.45, 7) is 4.78. The SMILES string of the molecule is CC#CCOCC(C)N. The Hall–Kier alpha value is -0.520. The largest absolute Gasteiger partial charge is 0.367 e. The fourth-order valence-electron chi connectivity index (χ4n) is 0.368. The van der Waals surface area contributed by atoms with Crippen LogP contribution in [-0.4, -0.2) is 19.3 Å². The fourth-order valence-corrected chi connectivity index (χ4v) is 0.368. The molecule has 0 aromatic carbocycles. The summed E-state index contributed by atoms with van der Waals surface area (Å²) in [6, 6.07) is 0.114. The van der Waals surface area contributed by atoms with Gasteiger partial charge in [-0.2, -0.15) is 0 Å². The first kappa shape index (κ1) is 8.48. The van der Waals surface area contributed by atoms with Crippen molar-refractivity contribution < 1.29 is 4.74 Å². The number of ether oxygens (including phenoxy) is 1. The van der Waals surface area contributed by atoms with E-state index < -0.39 is 0 Å². The Labute approximate surface area is 56.4 Å².